The first-order chi connectivity index (χ1) is 14.9. The lowest BCUT2D eigenvalue weighted by Crippen LogP contribution is -2.48. The number of benzene rings is 1. The van der Waals surface area contributed by atoms with Gasteiger partial charge < -0.3 is 9.88 Å². The van der Waals surface area contributed by atoms with Gasteiger partial charge in [0.25, 0.3) is 5.91 Å². The Morgan fingerprint density at radius 1 is 0.903 bits per heavy atom. The van der Waals surface area contributed by atoms with Gasteiger partial charge in [-0.05, 0) is 38.7 Å². The first kappa shape index (κ1) is 22.0. The molecule has 4 rings (SSSR count). The second-order valence-corrected chi connectivity index (χ2v) is 10.5. The van der Waals surface area contributed by atoms with Crippen molar-refractivity contribution in [3.63, 3.8) is 0 Å². The number of rotatable bonds is 5. The Hall–Kier alpha value is -2.16. The third-order valence-electron chi connectivity index (χ3n) is 6.35. The van der Waals surface area contributed by atoms with Crippen molar-refractivity contribution >= 4 is 15.9 Å². The number of amides is 1. The highest BCUT2D eigenvalue weighted by atomic mass is 32.2. The van der Waals surface area contributed by atoms with Crippen molar-refractivity contribution in [2.75, 3.05) is 39.3 Å². The van der Waals surface area contributed by atoms with Crippen molar-refractivity contribution in [3.8, 4) is 0 Å². The maximum absolute atomic E-state index is 13.6. The first-order valence-electron chi connectivity index (χ1n) is 11.1. The molecule has 31 heavy (non-hydrogen) atoms. The molecule has 2 aromatic rings. The predicted octanol–water partition coefficient (Wildman–Crippen LogP) is 2.76. The Kier molecular flexibility index (Phi) is 6.50. The second-order valence-electron chi connectivity index (χ2n) is 8.60. The molecule has 2 aliphatic rings. The highest BCUT2D eigenvalue weighted by molar-refractivity contribution is 7.89. The number of hydrogen-bond donors (Lipinski definition) is 1. The summed E-state index contributed by atoms with van der Waals surface area (Å²) >= 11 is 0. The van der Waals surface area contributed by atoms with Crippen LogP contribution in [-0.2, 0) is 16.6 Å². The monoisotopic (exact) mass is 444 g/mol. The van der Waals surface area contributed by atoms with Crippen molar-refractivity contribution in [1.82, 2.24) is 19.1 Å². The molecule has 0 radical (unpaired) electrons. The fourth-order valence-electron chi connectivity index (χ4n) is 4.69. The van der Waals surface area contributed by atoms with E-state index in [9.17, 15) is 13.2 Å². The van der Waals surface area contributed by atoms with Crippen LogP contribution in [0.25, 0.3) is 0 Å². The molecule has 1 aromatic heterocycles. The largest absolute Gasteiger partial charge is 0.361 e. The van der Waals surface area contributed by atoms with Crippen LogP contribution < -0.4 is 0 Å². The number of aromatic amines is 1. The molecule has 2 fully saturated rings. The number of likely N-dealkylation sites (tertiary alicyclic amines) is 1. The van der Waals surface area contributed by atoms with E-state index >= 15 is 0 Å². The Balaban J connectivity index is 1.52. The Morgan fingerprint density at radius 3 is 2.19 bits per heavy atom. The van der Waals surface area contributed by atoms with E-state index in [1.165, 1.54) is 9.87 Å². The summed E-state index contributed by atoms with van der Waals surface area (Å²) in [7, 11) is -3.75. The summed E-state index contributed by atoms with van der Waals surface area (Å²) in [4.78, 5) is 20.6. The van der Waals surface area contributed by atoms with Crippen LogP contribution in [0.1, 0.15) is 46.6 Å². The third kappa shape index (κ3) is 4.56. The van der Waals surface area contributed by atoms with Crippen LogP contribution in [0.15, 0.2) is 35.2 Å². The lowest BCUT2D eigenvalue weighted by Gasteiger charge is -2.34. The van der Waals surface area contributed by atoms with Gasteiger partial charge in [-0.25, -0.2) is 8.42 Å². The van der Waals surface area contributed by atoms with Crippen LogP contribution >= 0.6 is 0 Å². The molecule has 0 saturated carbocycles. The van der Waals surface area contributed by atoms with E-state index in [2.05, 4.69) is 22.0 Å². The Bertz CT molecular complexity index is 1020. The SMILES string of the molecule is Cc1[nH]c(C)c(S(=O)(=O)N2CCN(Cc3ccccc3)CC2)c1C(=O)N1CCCCC1. The third-order valence-corrected chi connectivity index (χ3v) is 8.42. The van der Waals surface area contributed by atoms with E-state index < -0.39 is 10.0 Å². The van der Waals surface area contributed by atoms with Crippen LogP contribution in [0.5, 0.6) is 0 Å². The quantitative estimate of drug-likeness (QED) is 0.769. The Morgan fingerprint density at radius 2 is 1.55 bits per heavy atom. The molecule has 0 atom stereocenters. The highest BCUT2D eigenvalue weighted by Gasteiger charge is 2.36. The summed E-state index contributed by atoms with van der Waals surface area (Å²) in [6, 6.07) is 10.2. The molecule has 1 N–H and O–H groups in total. The standard InChI is InChI=1S/C23H32N4O3S/c1-18-21(23(28)26-11-7-4-8-12-26)22(19(2)24-18)31(29,30)27-15-13-25(14-16-27)17-20-9-5-3-6-10-20/h3,5-6,9-10,24H,4,7-8,11-17H2,1-2H3. The lowest BCUT2D eigenvalue weighted by atomic mass is 10.1. The predicted molar refractivity (Wildman–Crippen MR) is 120 cm³/mol. The summed E-state index contributed by atoms with van der Waals surface area (Å²) in [5.74, 6) is -0.164. The van der Waals surface area contributed by atoms with E-state index in [0.717, 1.165) is 25.8 Å². The average molecular weight is 445 g/mol. The molecule has 0 aliphatic carbocycles. The van der Waals surface area contributed by atoms with Gasteiger partial charge in [0.2, 0.25) is 10.0 Å². The van der Waals surface area contributed by atoms with Gasteiger partial charge in [0.15, 0.2) is 0 Å². The van der Waals surface area contributed by atoms with Crippen molar-refractivity contribution in [2.24, 2.45) is 0 Å². The van der Waals surface area contributed by atoms with Gasteiger partial charge in [-0.15, -0.1) is 0 Å². The van der Waals surface area contributed by atoms with Crippen molar-refractivity contribution in [2.45, 2.75) is 44.6 Å². The van der Waals surface area contributed by atoms with Gasteiger partial charge in [-0.3, -0.25) is 9.69 Å². The molecule has 7 nitrogen and oxygen atoms in total. The number of carbonyl (C=O) groups excluding carboxylic acids is 1. The number of piperidine rings is 1. The minimum absolute atomic E-state index is 0.164. The normalized spacial score (nSPS) is 19.0. The van der Waals surface area contributed by atoms with Crippen LogP contribution in [0, 0.1) is 13.8 Å². The van der Waals surface area contributed by atoms with Crippen molar-refractivity contribution in [1.29, 1.82) is 0 Å². The van der Waals surface area contributed by atoms with Crippen molar-refractivity contribution in [3.05, 3.63) is 52.8 Å². The molecule has 1 amide bonds. The second kappa shape index (κ2) is 9.14. The Labute approximate surface area is 185 Å². The zero-order valence-corrected chi connectivity index (χ0v) is 19.2. The van der Waals surface area contributed by atoms with E-state index in [0.29, 0.717) is 56.2 Å². The zero-order chi connectivity index (χ0) is 22.0. The van der Waals surface area contributed by atoms with Gasteiger partial charge in [-0.2, -0.15) is 4.31 Å². The summed E-state index contributed by atoms with van der Waals surface area (Å²) in [5, 5.41) is 0. The molecule has 0 spiro atoms. The number of carbonyl (C=O) groups is 1. The van der Waals surface area contributed by atoms with E-state index in [1.807, 2.05) is 18.2 Å². The molecule has 0 unspecified atom stereocenters. The molecule has 1 aromatic carbocycles. The van der Waals surface area contributed by atoms with Crippen molar-refractivity contribution < 1.29 is 13.2 Å². The maximum atomic E-state index is 13.6. The van der Waals surface area contributed by atoms with Crippen LogP contribution in [0.4, 0.5) is 0 Å². The molecule has 0 bridgehead atoms. The summed E-state index contributed by atoms with van der Waals surface area (Å²) in [5.41, 5.74) is 2.73. The molecular formula is C23H32N4O3S. The number of nitrogens with one attached hydrogen (secondary N) is 1. The molecule has 2 saturated heterocycles. The summed E-state index contributed by atoms with van der Waals surface area (Å²) in [6.45, 7) is 7.94. The molecule has 2 aliphatic heterocycles. The maximum Gasteiger partial charge on any atom is 0.257 e. The van der Waals surface area contributed by atoms with E-state index in [1.54, 1.807) is 18.7 Å². The van der Waals surface area contributed by atoms with Gasteiger partial charge >= 0.3 is 0 Å². The minimum atomic E-state index is -3.75. The fraction of sp³-hybridized carbons (Fsp3) is 0.522. The molecule has 3 heterocycles. The molecular weight excluding hydrogens is 412 g/mol. The minimum Gasteiger partial charge on any atom is -0.361 e. The highest BCUT2D eigenvalue weighted by Crippen LogP contribution is 2.29. The number of piperazine rings is 1. The number of aromatic nitrogens is 1. The smallest absolute Gasteiger partial charge is 0.257 e. The molecule has 168 valence electrons. The number of nitrogens with zero attached hydrogens (tertiary/aromatic N) is 3. The first-order valence-corrected chi connectivity index (χ1v) is 12.6. The van der Waals surface area contributed by atoms with Crippen LogP contribution in [0.3, 0.4) is 0 Å². The number of sulfonamides is 1. The van der Waals surface area contributed by atoms with Crippen LogP contribution in [0.2, 0.25) is 0 Å². The topological polar surface area (TPSA) is 76.7 Å². The zero-order valence-electron chi connectivity index (χ0n) is 18.4. The summed E-state index contributed by atoms with van der Waals surface area (Å²) < 4.78 is 28.8. The van der Waals surface area contributed by atoms with Gasteiger partial charge in [0.1, 0.15) is 4.90 Å². The van der Waals surface area contributed by atoms with E-state index in [-0.39, 0.29) is 10.8 Å². The van der Waals surface area contributed by atoms with Gasteiger partial charge in [-0.1, -0.05) is 30.3 Å². The molecule has 8 heteroatoms. The fourth-order valence-corrected chi connectivity index (χ4v) is 6.53. The van der Waals surface area contributed by atoms with Gasteiger partial charge in [0, 0.05) is 57.2 Å². The lowest BCUT2D eigenvalue weighted by molar-refractivity contribution is 0.0719. The number of hydrogen-bond acceptors (Lipinski definition) is 4. The number of aryl methyl sites for hydroxylation is 2. The summed E-state index contributed by atoms with van der Waals surface area (Å²) in [6.07, 6.45) is 3.06. The average Bonchev–Trinajstić information content (AvgIpc) is 3.09. The number of H-pyrrole nitrogens is 1. The van der Waals surface area contributed by atoms with Crippen LogP contribution in [-0.4, -0.2) is 72.7 Å². The van der Waals surface area contributed by atoms with E-state index in [4.69, 9.17) is 0 Å². The van der Waals surface area contributed by atoms with Gasteiger partial charge in [0.05, 0.1) is 5.56 Å².